The molecule has 0 bridgehead atoms. The molecule has 0 saturated heterocycles. The maximum atomic E-state index is 13.0. The van der Waals surface area contributed by atoms with E-state index in [-0.39, 0.29) is 17.2 Å². The van der Waals surface area contributed by atoms with Gasteiger partial charge in [0.25, 0.3) is 5.91 Å². The number of anilines is 3. The summed E-state index contributed by atoms with van der Waals surface area (Å²) in [7, 11) is 0. The summed E-state index contributed by atoms with van der Waals surface area (Å²) in [6.45, 7) is 0. The average Bonchev–Trinajstić information content (AvgIpc) is 2.64. The quantitative estimate of drug-likeness (QED) is 0.652. The average molecular weight is 376 g/mol. The number of amides is 1. The lowest BCUT2D eigenvalue weighted by Crippen LogP contribution is -2.18. The number of benzene rings is 2. The van der Waals surface area contributed by atoms with Gasteiger partial charge >= 0.3 is 6.18 Å². The SMILES string of the molecule is O=C(Nc1ccccc1C(F)(F)F)c1cnc(Nc2ccc(F)cc2)cn1. The molecule has 2 aromatic carbocycles. The summed E-state index contributed by atoms with van der Waals surface area (Å²) in [5.74, 6) is -0.931. The van der Waals surface area contributed by atoms with E-state index in [1.807, 2.05) is 0 Å². The molecule has 3 aromatic rings. The van der Waals surface area contributed by atoms with Crippen molar-refractivity contribution in [3.63, 3.8) is 0 Å². The number of carbonyl (C=O) groups excluding carboxylic acids is 1. The van der Waals surface area contributed by atoms with Gasteiger partial charge in [0.2, 0.25) is 0 Å². The van der Waals surface area contributed by atoms with E-state index in [0.717, 1.165) is 18.3 Å². The summed E-state index contributed by atoms with van der Waals surface area (Å²) in [4.78, 5) is 20.0. The zero-order valence-electron chi connectivity index (χ0n) is 13.6. The van der Waals surface area contributed by atoms with Crippen molar-refractivity contribution in [1.29, 1.82) is 0 Å². The van der Waals surface area contributed by atoms with Crippen molar-refractivity contribution in [2.24, 2.45) is 0 Å². The third kappa shape index (κ3) is 4.57. The molecule has 0 radical (unpaired) electrons. The van der Waals surface area contributed by atoms with Gasteiger partial charge in [-0.2, -0.15) is 13.2 Å². The van der Waals surface area contributed by atoms with E-state index in [4.69, 9.17) is 0 Å². The first-order valence-corrected chi connectivity index (χ1v) is 7.65. The Bertz CT molecular complexity index is 941. The summed E-state index contributed by atoms with van der Waals surface area (Å²) >= 11 is 0. The molecular formula is C18H12F4N4O. The van der Waals surface area contributed by atoms with Crippen LogP contribution in [0.2, 0.25) is 0 Å². The highest BCUT2D eigenvalue weighted by Crippen LogP contribution is 2.34. The van der Waals surface area contributed by atoms with Crippen molar-refractivity contribution in [2.45, 2.75) is 6.18 Å². The monoisotopic (exact) mass is 376 g/mol. The Morgan fingerprint density at radius 1 is 0.926 bits per heavy atom. The van der Waals surface area contributed by atoms with Crippen LogP contribution in [0, 0.1) is 5.82 Å². The molecule has 9 heteroatoms. The zero-order chi connectivity index (χ0) is 19.4. The van der Waals surface area contributed by atoms with Crippen molar-refractivity contribution >= 4 is 23.1 Å². The molecule has 0 fully saturated rings. The molecule has 27 heavy (non-hydrogen) atoms. The van der Waals surface area contributed by atoms with Crippen molar-refractivity contribution in [1.82, 2.24) is 9.97 Å². The van der Waals surface area contributed by atoms with E-state index in [2.05, 4.69) is 20.6 Å². The predicted octanol–water partition coefficient (Wildman–Crippen LogP) is 4.63. The van der Waals surface area contributed by atoms with Crippen LogP contribution in [-0.4, -0.2) is 15.9 Å². The topological polar surface area (TPSA) is 66.9 Å². The van der Waals surface area contributed by atoms with Gasteiger partial charge in [-0.05, 0) is 36.4 Å². The van der Waals surface area contributed by atoms with Gasteiger partial charge < -0.3 is 10.6 Å². The van der Waals surface area contributed by atoms with Crippen molar-refractivity contribution < 1.29 is 22.4 Å². The molecule has 0 unspecified atom stereocenters. The van der Waals surface area contributed by atoms with Crippen LogP contribution in [0.1, 0.15) is 16.1 Å². The van der Waals surface area contributed by atoms with Crippen molar-refractivity contribution in [2.75, 3.05) is 10.6 Å². The van der Waals surface area contributed by atoms with Crippen LogP contribution in [0.25, 0.3) is 0 Å². The number of rotatable bonds is 4. The van der Waals surface area contributed by atoms with Crippen LogP contribution < -0.4 is 10.6 Å². The lowest BCUT2D eigenvalue weighted by molar-refractivity contribution is -0.136. The lowest BCUT2D eigenvalue weighted by atomic mass is 10.1. The molecule has 5 nitrogen and oxygen atoms in total. The molecule has 0 saturated carbocycles. The van der Waals surface area contributed by atoms with Crippen LogP contribution in [0.3, 0.4) is 0 Å². The highest BCUT2D eigenvalue weighted by atomic mass is 19.4. The van der Waals surface area contributed by atoms with Gasteiger partial charge in [-0.3, -0.25) is 4.79 Å². The van der Waals surface area contributed by atoms with Crippen LogP contribution in [0.4, 0.5) is 34.8 Å². The highest BCUT2D eigenvalue weighted by molar-refractivity contribution is 6.03. The van der Waals surface area contributed by atoms with Gasteiger partial charge in [0.15, 0.2) is 0 Å². The van der Waals surface area contributed by atoms with E-state index in [0.29, 0.717) is 5.69 Å². The molecule has 1 heterocycles. The second-order valence-corrected chi connectivity index (χ2v) is 5.42. The molecule has 1 aromatic heterocycles. The number of carbonyl (C=O) groups is 1. The smallest absolute Gasteiger partial charge is 0.339 e. The molecule has 0 atom stereocenters. The first-order valence-electron chi connectivity index (χ1n) is 7.65. The Balaban J connectivity index is 1.72. The van der Waals surface area contributed by atoms with Gasteiger partial charge in [-0.25, -0.2) is 14.4 Å². The Labute approximate surface area is 151 Å². The van der Waals surface area contributed by atoms with Crippen LogP contribution in [0.5, 0.6) is 0 Å². The Morgan fingerprint density at radius 3 is 2.26 bits per heavy atom. The number of nitrogens with zero attached hydrogens (tertiary/aromatic N) is 2. The minimum atomic E-state index is -4.60. The highest BCUT2D eigenvalue weighted by Gasteiger charge is 2.33. The maximum Gasteiger partial charge on any atom is 0.418 e. The summed E-state index contributed by atoms with van der Waals surface area (Å²) < 4.78 is 51.8. The second-order valence-electron chi connectivity index (χ2n) is 5.42. The fourth-order valence-electron chi connectivity index (χ4n) is 2.22. The zero-order valence-corrected chi connectivity index (χ0v) is 13.6. The van der Waals surface area contributed by atoms with Gasteiger partial charge in [0.1, 0.15) is 17.3 Å². The van der Waals surface area contributed by atoms with Crippen LogP contribution in [0.15, 0.2) is 60.9 Å². The molecular weight excluding hydrogens is 364 g/mol. The molecule has 0 aliphatic carbocycles. The van der Waals surface area contributed by atoms with Crippen LogP contribution in [-0.2, 0) is 6.18 Å². The molecule has 3 rings (SSSR count). The third-order valence-electron chi connectivity index (χ3n) is 3.48. The summed E-state index contributed by atoms with van der Waals surface area (Å²) in [6.07, 6.45) is -2.23. The minimum absolute atomic E-state index is 0.156. The Kier molecular flexibility index (Phi) is 5.02. The van der Waals surface area contributed by atoms with Gasteiger partial charge in [0.05, 0.1) is 23.6 Å². The van der Waals surface area contributed by atoms with Crippen LogP contribution >= 0.6 is 0 Å². The fourth-order valence-corrected chi connectivity index (χ4v) is 2.22. The van der Waals surface area contributed by atoms with E-state index in [9.17, 15) is 22.4 Å². The number of nitrogens with one attached hydrogen (secondary N) is 2. The molecule has 0 spiro atoms. The number of alkyl halides is 3. The molecule has 138 valence electrons. The largest absolute Gasteiger partial charge is 0.418 e. The summed E-state index contributed by atoms with van der Waals surface area (Å²) in [5, 5.41) is 5.04. The van der Waals surface area contributed by atoms with E-state index < -0.39 is 23.5 Å². The normalized spacial score (nSPS) is 11.1. The molecule has 2 N–H and O–H groups in total. The van der Waals surface area contributed by atoms with Gasteiger partial charge in [0, 0.05) is 5.69 Å². The number of aromatic nitrogens is 2. The first kappa shape index (κ1) is 18.3. The van der Waals surface area contributed by atoms with Gasteiger partial charge in [-0.15, -0.1) is 0 Å². The Hall–Kier alpha value is -3.49. The number of hydrogen-bond acceptors (Lipinski definition) is 4. The van der Waals surface area contributed by atoms with Gasteiger partial charge in [-0.1, -0.05) is 12.1 Å². The standard InChI is InChI=1S/C18H12F4N4O/c19-11-5-7-12(8-6-11)25-16-10-23-15(9-24-16)17(27)26-14-4-2-1-3-13(14)18(20,21)22/h1-10H,(H,24,25)(H,26,27). The molecule has 1 amide bonds. The maximum absolute atomic E-state index is 13.0. The number of hydrogen-bond donors (Lipinski definition) is 2. The van der Waals surface area contributed by atoms with Crippen molar-refractivity contribution in [3.05, 3.63) is 78.0 Å². The lowest BCUT2D eigenvalue weighted by Gasteiger charge is -2.13. The number of halogens is 4. The third-order valence-corrected chi connectivity index (χ3v) is 3.48. The van der Waals surface area contributed by atoms with E-state index >= 15 is 0 Å². The summed E-state index contributed by atoms with van der Waals surface area (Å²) in [6, 6.07) is 10.1. The molecule has 0 aliphatic rings. The van der Waals surface area contributed by atoms with Crippen molar-refractivity contribution in [3.8, 4) is 0 Å². The minimum Gasteiger partial charge on any atom is -0.339 e. The van der Waals surface area contributed by atoms with E-state index in [1.165, 1.54) is 42.6 Å². The summed E-state index contributed by atoms with van der Waals surface area (Å²) in [5.41, 5.74) is -0.926. The van der Waals surface area contributed by atoms with E-state index in [1.54, 1.807) is 0 Å². The fraction of sp³-hybridized carbons (Fsp3) is 0.0556. The second kappa shape index (κ2) is 7.40. The molecule has 0 aliphatic heterocycles. The Morgan fingerprint density at radius 2 is 1.63 bits per heavy atom. The number of para-hydroxylation sites is 1. The predicted molar refractivity (Wildman–Crippen MR) is 91.1 cm³/mol. The first-order chi connectivity index (χ1) is 12.8.